The Bertz CT molecular complexity index is 2690. The molecule has 15 nitrogen and oxygen atoms in total. The van der Waals surface area contributed by atoms with Gasteiger partial charge in [0.1, 0.15) is 47.3 Å². The molecule has 1 aromatic heterocycles. The molecule has 358 valence electrons. The minimum atomic E-state index is -2.23. The highest BCUT2D eigenvalue weighted by molar-refractivity contribution is 6.03. The zero-order valence-corrected chi connectivity index (χ0v) is 39.6. The predicted molar refractivity (Wildman–Crippen MR) is 250 cm³/mol. The Morgan fingerprint density at radius 3 is 2.43 bits per heavy atom. The van der Waals surface area contributed by atoms with Crippen molar-refractivity contribution in [2.24, 2.45) is 17.8 Å². The van der Waals surface area contributed by atoms with Crippen LogP contribution in [-0.4, -0.2) is 108 Å². The second-order valence-corrected chi connectivity index (χ2v) is 20.1. The van der Waals surface area contributed by atoms with Crippen LogP contribution in [0.15, 0.2) is 70.9 Å². The number of imidazole rings is 1. The number of esters is 1. The first-order valence-electron chi connectivity index (χ1n) is 23.4. The molecule has 11 atom stereocenters. The summed E-state index contributed by atoms with van der Waals surface area (Å²) in [5.74, 6) is -1.18. The lowest BCUT2D eigenvalue weighted by atomic mass is 9.46. The molecule has 0 radical (unpaired) electrons. The molecular formula is C52H63N3O12. The summed E-state index contributed by atoms with van der Waals surface area (Å²) in [6.07, 6.45) is 3.29. The van der Waals surface area contributed by atoms with E-state index in [1.165, 1.54) is 12.7 Å². The maximum absolute atomic E-state index is 15.6. The third kappa shape index (κ3) is 7.18. The minimum Gasteiger partial charge on any atom is -0.482 e. The van der Waals surface area contributed by atoms with Crippen LogP contribution in [0.3, 0.4) is 0 Å². The Morgan fingerprint density at radius 2 is 1.75 bits per heavy atom. The van der Waals surface area contributed by atoms with E-state index in [0.29, 0.717) is 64.4 Å². The number of Topliss-reactive ketones (excluding diaryl/α,β-unsaturated/α-hetero) is 1. The van der Waals surface area contributed by atoms with E-state index in [4.69, 9.17) is 28.7 Å². The van der Waals surface area contributed by atoms with Crippen LogP contribution in [-0.2, 0) is 25.5 Å². The third-order valence-corrected chi connectivity index (χ3v) is 14.8. The number of ketones is 1. The number of methoxy groups -OCH3 is 1. The van der Waals surface area contributed by atoms with E-state index >= 15 is 4.79 Å². The highest BCUT2D eigenvalue weighted by atomic mass is 16.7. The Kier molecular flexibility index (Phi) is 11.9. The second kappa shape index (κ2) is 17.0. The Morgan fingerprint density at radius 1 is 1.01 bits per heavy atom. The number of anilines is 1. The maximum atomic E-state index is 15.6. The number of hydrogen-bond acceptors (Lipinski definition) is 14. The number of allylic oxidation sites excluding steroid dienone is 4. The van der Waals surface area contributed by atoms with Crippen molar-refractivity contribution < 1.29 is 58.8 Å². The van der Waals surface area contributed by atoms with Crippen molar-refractivity contribution in [2.45, 2.75) is 141 Å². The highest BCUT2D eigenvalue weighted by Gasteiger charge is 2.77. The SMILES string of the molecule is COC(=O)/C(C)=C\CC1(O)C(=O)C2CC(C(C)C)C13Oc1c(CC=C(C)C)c4c(c(O[C@@H]5O[C@H](CO)[C@@H](O)[C@H](O)[C@H]5O)c1C1=C3C2n2c(nc3ccccc32)N1)C=CC(C)(CCC=C(C)C)O4. The quantitative estimate of drug-likeness (QED) is 0.0673. The number of carbonyl (C=O) groups excluding carboxylic acids is 2. The van der Waals surface area contributed by atoms with Gasteiger partial charge in [0.15, 0.2) is 17.0 Å². The van der Waals surface area contributed by atoms with Gasteiger partial charge in [0.2, 0.25) is 12.2 Å². The number of benzene rings is 2. The lowest BCUT2D eigenvalue weighted by molar-refractivity contribution is -0.277. The molecule has 3 saturated carbocycles. The number of rotatable bonds is 12. The first kappa shape index (κ1) is 46.8. The zero-order valence-electron chi connectivity index (χ0n) is 39.6. The average molecular weight is 922 g/mol. The third-order valence-electron chi connectivity index (χ3n) is 14.8. The Hall–Kier alpha value is -5.29. The normalized spacial score (nSPS) is 32.3. The average Bonchev–Trinajstić information content (AvgIpc) is 3.67. The van der Waals surface area contributed by atoms with Crippen molar-refractivity contribution in [3.05, 3.63) is 87.6 Å². The van der Waals surface area contributed by atoms with Crippen LogP contribution in [0.2, 0.25) is 0 Å². The van der Waals surface area contributed by atoms with E-state index in [1.54, 1.807) is 13.0 Å². The lowest BCUT2D eigenvalue weighted by Crippen LogP contribution is -2.78. The van der Waals surface area contributed by atoms with Gasteiger partial charge in [-0.3, -0.25) is 4.79 Å². The summed E-state index contributed by atoms with van der Waals surface area (Å²) in [5.41, 5.74) is 1.53. The summed E-state index contributed by atoms with van der Waals surface area (Å²) < 4.78 is 34.9. The maximum Gasteiger partial charge on any atom is 0.333 e. The lowest BCUT2D eigenvalue weighted by Gasteiger charge is -2.66. The molecule has 7 aliphatic rings. The number of aliphatic hydroxyl groups excluding tert-OH is 4. The zero-order chi connectivity index (χ0) is 48.1. The van der Waals surface area contributed by atoms with E-state index in [2.05, 4.69) is 31.3 Å². The highest BCUT2D eigenvalue weighted by Crippen LogP contribution is 2.70. The summed E-state index contributed by atoms with van der Waals surface area (Å²) in [6.45, 7) is 15.1. The summed E-state index contributed by atoms with van der Waals surface area (Å²) in [7, 11) is 1.28. The molecule has 67 heavy (non-hydrogen) atoms. The number of aliphatic hydroxyl groups is 5. The van der Waals surface area contributed by atoms with Crippen molar-refractivity contribution in [1.82, 2.24) is 9.55 Å². The molecular weight excluding hydrogens is 859 g/mol. The summed E-state index contributed by atoms with van der Waals surface area (Å²) in [4.78, 5) is 33.5. The minimum absolute atomic E-state index is 0.130. The van der Waals surface area contributed by atoms with Gasteiger partial charge in [-0.2, -0.15) is 0 Å². The molecule has 4 aliphatic heterocycles. The molecule has 15 heteroatoms. The number of para-hydroxylation sites is 2. The van der Waals surface area contributed by atoms with E-state index in [9.17, 15) is 30.3 Å². The Labute approximate surface area is 390 Å². The van der Waals surface area contributed by atoms with E-state index in [0.717, 1.165) is 11.1 Å². The molecule has 6 N–H and O–H groups in total. The number of nitrogens with zero attached hydrogens (tertiary/aromatic N) is 2. The first-order chi connectivity index (χ1) is 31.8. The van der Waals surface area contributed by atoms with Gasteiger partial charge in [-0.15, -0.1) is 0 Å². The van der Waals surface area contributed by atoms with Crippen LogP contribution >= 0.6 is 0 Å². The molecule has 3 aromatic rings. The van der Waals surface area contributed by atoms with Gasteiger partial charge >= 0.3 is 5.97 Å². The topological polar surface area (TPSA) is 211 Å². The molecule has 1 saturated heterocycles. The summed E-state index contributed by atoms with van der Waals surface area (Å²) in [6, 6.07) is 6.94. The molecule has 2 aromatic carbocycles. The fourth-order valence-electron chi connectivity index (χ4n) is 11.4. The molecule has 1 spiro atoms. The van der Waals surface area contributed by atoms with Crippen molar-refractivity contribution in [1.29, 1.82) is 0 Å². The number of ether oxygens (including phenoxy) is 5. The Balaban J connectivity index is 1.39. The van der Waals surface area contributed by atoms with Gasteiger partial charge in [-0.05, 0) is 97.4 Å². The van der Waals surface area contributed by atoms with Crippen LogP contribution < -0.4 is 19.5 Å². The molecule has 5 heterocycles. The number of aromatic nitrogens is 2. The second-order valence-electron chi connectivity index (χ2n) is 20.1. The smallest absolute Gasteiger partial charge is 0.333 e. The van der Waals surface area contributed by atoms with Crippen molar-refractivity contribution in [3.8, 4) is 17.2 Å². The standard InChI is InChI=1S/C52H63N3O12/c1-25(2)13-12-20-50(8)21-19-30-43(66-50)29(17-16-26(3)4)45-36(44(30)65-48-42(59)41(58)40(57)35(24-56)64-48)38-37-39(55-34-15-11-10-14-33(34)53-49(55)54-38)31-23-32(27(5)6)52(37,67-45)51(62,46(31)60)22-18-28(7)47(61)63-9/h10-11,13-16,18-19,21,27,31-32,35,39-42,48,56-59,62H,12,17,20,22-24H2,1-9H3,(H,53,54)/b28-18-/t31?,32?,35-,39?,40-,41+,42-,48+,50?,51?,52?/m1/s1. The first-order valence-corrected chi connectivity index (χ1v) is 23.4. The summed E-state index contributed by atoms with van der Waals surface area (Å²) >= 11 is 0. The molecule has 2 bridgehead atoms. The molecule has 0 amide bonds. The largest absolute Gasteiger partial charge is 0.482 e. The predicted octanol–water partition coefficient (Wildman–Crippen LogP) is 6.26. The fourth-order valence-corrected chi connectivity index (χ4v) is 11.4. The van der Waals surface area contributed by atoms with Gasteiger partial charge in [-0.25, -0.2) is 9.78 Å². The van der Waals surface area contributed by atoms with Gasteiger partial charge in [0, 0.05) is 35.0 Å². The summed E-state index contributed by atoms with van der Waals surface area (Å²) in [5, 5.41) is 61.1. The molecule has 6 unspecified atom stereocenters. The van der Waals surface area contributed by atoms with Crippen LogP contribution in [0, 0.1) is 17.8 Å². The van der Waals surface area contributed by atoms with Crippen molar-refractivity contribution >= 4 is 40.5 Å². The molecule has 3 aliphatic carbocycles. The number of fused-ring (bicyclic) bond motifs is 8. The van der Waals surface area contributed by atoms with Gasteiger partial charge in [0.05, 0.1) is 47.6 Å². The number of carbonyl (C=O) groups is 2. The van der Waals surface area contributed by atoms with E-state index in [-0.39, 0.29) is 35.8 Å². The van der Waals surface area contributed by atoms with Crippen LogP contribution in [0.1, 0.15) is 104 Å². The van der Waals surface area contributed by atoms with E-state index < -0.39 is 83.7 Å². The van der Waals surface area contributed by atoms with Crippen molar-refractivity contribution in [3.63, 3.8) is 0 Å². The molecule has 10 rings (SSSR count). The van der Waals surface area contributed by atoms with Gasteiger partial charge in [-0.1, -0.05) is 55.4 Å². The molecule has 4 fully saturated rings. The fraction of sp³-hybridized carbons (Fsp3) is 0.519. The van der Waals surface area contributed by atoms with Crippen LogP contribution in [0.25, 0.3) is 22.8 Å². The van der Waals surface area contributed by atoms with Gasteiger partial charge in [0.25, 0.3) is 0 Å². The van der Waals surface area contributed by atoms with Crippen LogP contribution in [0.4, 0.5) is 5.95 Å². The number of hydrogen-bond donors (Lipinski definition) is 6. The van der Waals surface area contributed by atoms with Crippen molar-refractivity contribution in [2.75, 3.05) is 19.0 Å². The monoisotopic (exact) mass is 921 g/mol. The number of nitrogens with one attached hydrogen (secondary N) is 1. The van der Waals surface area contributed by atoms with Crippen LogP contribution in [0.5, 0.6) is 17.2 Å². The van der Waals surface area contributed by atoms with E-state index in [1.807, 2.05) is 75.6 Å². The van der Waals surface area contributed by atoms with Gasteiger partial charge < -0.3 is 59.1 Å².